The Labute approximate surface area is 88.9 Å². The van der Waals surface area contributed by atoms with Gasteiger partial charge in [0.2, 0.25) is 0 Å². The normalized spacial score (nSPS) is 29.8. The van der Waals surface area contributed by atoms with E-state index in [9.17, 15) is 0 Å². The first-order chi connectivity index (χ1) is 6.65. The van der Waals surface area contributed by atoms with Crippen molar-refractivity contribution in [2.75, 3.05) is 6.61 Å². The number of aliphatic hydroxyl groups excluding tert-OH is 1. The summed E-state index contributed by atoms with van der Waals surface area (Å²) < 4.78 is 0. The van der Waals surface area contributed by atoms with Crippen molar-refractivity contribution in [2.24, 2.45) is 17.8 Å². The van der Waals surface area contributed by atoms with Crippen LogP contribution in [0.4, 0.5) is 0 Å². The van der Waals surface area contributed by atoms with Crippen LogP contribution in [-0.2, 0) is 0 Å². The molecule has 0 aromatic carbocycles. The summed E-state index contributed by atoms with van der Waals surface area (Å²) in [5, 5.41) is 8.87. The topological polar surface area (TPSA) is 20.2 Å². The molecule has 1 saturated carbocycles. The molecule has 1 radical (unpaired) electrons. The molecule has 83 valence electrons. The van der Waals surface area contributed by atoms with E-state index in [4.69, 9.17) is 5.11 Å². The van der Waals surface area contributed by atoms with Crippen molar-refractivity contribution >= 4 is 0 Å². The summed E-state index contributed by atoms with van der Waals surface area (Å²) in [5.74, 6) is 4.22. The smallest absolute Gasteiger partial charge is 0.0431 e. The van der Waals surface area contributed by atoms with E-state index < -0.39 is 0 Å². The van der Waals surface area contributed by atoms with Crippen LogP contribution in [0, 0.1) is 23.7 Å². The molecule has 1 aliphatic rings. The lowest BCUT2D eigenvalue weighted by molar-refractivity contribution is 0.233. The van der Waals surface area contributed by atoms with Crippen molar-refractivity contribution in [3.63, 3.8) is 0 Å². The number of hydrogen-bond acceptors (Lipinski definition) is 1. The van der Waals surface area contributed by atoms with Crippen LogP contribution in [0.5, 0.6) is 0 Å². The predicted octanol–water partition coefficient (Wildman–Crippen LogP) is 3.43. The second-order valence-electron chi connectivity index (χ2n) is 5.22. The SMILES string of the molecule is CC1CCC(C(C)C)[C](CCCO)C1. The third-order valence-corrected chi connectivity index (χ3v) is 3.57. The largest absolute Gasteiger partial charge is 0.396 e. The lowest BCUT2D eigenvalue weighted by Crippen LogP contribution is -2.26. The molecule has 2 unspecified atom stereocenters. The van der Waals surface area contributed by atoms with Crippen LogP contribution in [-0.4, -0.2) is 11.7 Å². The van der Waals surface area contributed by atoms with Gasteiger partial charge in [0.25, 0.3) is 0 Å². The summed E-state index contributed by atoms with van der Waals surface area (Å²) in [6.07, 6.45) is 6.20. The second kappa shape index (κ2) is 5.75. The molecular weight excluding hydrogens is 172 g/mol. The summed E-state index contributed by atoms with van der Waals surface area (Å²) in [7, 11) is 0. The van der Waals surface area contributed by atoms with E-state index in [1.54, 1.807) is 5.92 Å². The quantitative estimate of drug-likeness (QED) is 0.732. The molecule has 0 aromatic heterocycles. The first-order valence-corrected chi connectivity index (χ1v) is 6.10. The minimum absolute atomic E-state index is 0.350. The zero-order valence-electron chi connectivity index (χ0n) is 9.92. The molecule has 1 N–H and O–H groups in total. The summed E-state index contributed by atoms with van der Waals surface area (Å²) in [4.78, 5) is 0. The molecule has 0 heterocycles. The molecule has 1 aliphatic carbocycles. The van der Waals surface area contributed by atoms with E-state index in [1.807, 2.05) is 0 Å². The molecule has 2 atom stereocenters. The maximum absolute atomic E-state index is 8.87. The highest BCUT2D eigenvalue weighted by molar-refractivity contribution is 5.01. The van der Waals surface area contributed by atoms with E-state index in [0.717, 1.165) is 30.6 Å². The van der Waals surface area contributed by atoms with E-state index in [1.165, 1.54) is 19.3 Å². The molecule has 0 aromatic rings. The van der Waals surface area contributed by atoms with Crippen LogP contribution in [0.1, 0.15) is 52.9 Å². The summed E-state index contributed by atoms with van der Waals surface area (Å²) in [5.41, 5.74) is 0. The molecule has 14 heavy (non-hydrogen) atoms. The summed E-state index contributed by atoms with van der Waals surface area (Å²) >= 11 is 0. The first kappa shape index (κ1) is 12.0. The Hall–Kier alpha value is -0.0400. The molecule has 0 aliphatic heterocycles. The highest BCUT2D eigenvalue weighted by Gasteiger charge is 2.30. The Morgan fingerprint density at radius 3 is 2.64 bits per heavy atom. The van der Waals surface area contributed by atoms with Crippen LogP contribution < -0.4 is 0 Å². The van der Waals surface area contributed by atoms with Gasteiger partial charge in [-0.05, 0) is 49.4 Å². The fraction of sp³-hybridized carbons (Fsp3) is 0.923. The number of aliphatic hydroxyl groups is 1. The van der Waals surface area contributed by atoms with Crippen molar-refractivity contribution in [1.82, 2.24) is 0 Å². The second-order valence-corrected chi connectivity index (χ2v) is 5.22. The van der Waals surface area contributed by atoms with Crippen molar-refractivity contribution in [3.8, 4) is 0 Å². The first-order valence-electron chi connectivity index (χ1n) is 6.10. The zero-order valence-corrected chi connectivity index (χ0v) is 9.92. The van der Waals surface area contributed by atoms with Crippen molar-refractivity contribution in [1.29, 1.82) is 0 Å². The van der Waals surface area contributed by atoms with Gasteiger partial charge in [0.15, 0.2) is 0 Å². The minimum atomic E-state index is 0.350. The standard InChI is InChI=1S/C13H25O/c1-10(2)13-7-6-11(3)9-12(13)5-4-8-14/h10-11,13-14H,4-9H2,1-3H3. The van der Waals surface area contributed by atoms with Gasteiger partial charge in [0, 0.05) is 6.61 Å². The molecule has 0 saturated heterocycles. The Balaban J connectivity index is 2.45. The number of hydrogen-bond donors (Lipinski definition) is 1. The summed E-state index contributed by atoms with van der Waals surface area (Å²) in [6.45, 7) is 7.37. The van der Waals surface area contributed by atoms with E-state index in [0.29, 0.717) is 6.61 Å². The molecule has 1 fully saturated rings. The van der Waals surface area contributed by atoms with Crippen LogP contribution in [0.2, 0.25) is 0 Å². The van der Waals surface area contributed by atoms with Gasteiger partial charge in [-0.2, -0.15) is 0 Å². The predicted molar refractivity (Wildman–Crippen MR) is 60.9 cm³/mol. The van der Waals surface area contributed by atoms with Crippen LogP contribution in [0.25, 0.3) is 0 Å². The molecule has 1 rings (SSSR count). The Bertz CT molecular complexity index is 153. The van der Waals surface area contributed by atoms with Gasteiger partial charge in [-0.3, -0.25) is 0 Å². The molecule has 0 amide bonds. The molecule has 1 nitrogen and oxygen atoms in total. The highest BCUT2D eigenvalue weighted by Crippen LogP contribution is 2.41. The van der Waals surface area contributed by atoms with E-state index in [2.05, 4.69) is 20.8 Å². The highest BCUT2D eigenvalue weighted by atomic mass is 16.2. The fourth-order valence-electron chi connectivity index (χ4n) is 2.77. The Kier molecular flexibility index (Phi) is 4.94. The number of rotatable bonds is 4. The van der Waals surface area contributed by atoms with Crippen molar-refractivity contribution in [2.45, 2.75) is 52.9 Å². The van der Waals surface area contributed by atoms with Crippen molar-refractivity contribution in [3.05, 3.63) is 5.92 Å². The van der Waals surface area contributed by atoms with Gasteiger partial charge in [-0.25, -0.2) is 0 Å². The lowest BCUT2D eigenvalue weighted by atomic mass is 9.69. The van der Waals surface area contributed by atoms with Gasteiger partial charge in [0.05, 0.1) is 0 Å². The van der Waals surface area contributed by atoms with E-state index >= 15 is 0 Å². The van der Waals surface area contributed by atoms with Gasteiger partial charge >= 0.3 is 0 Å². The molecule has 0 spiro atoms. The van der Waals surface area contributed by atoms with Crippen LogP contribution in [0.3, 0.4) is 0 Å². The third-order valence-electron chi connectivity index (χ3n) is 3.57. The third kappa shape index (κ3) is 3.27. The average Bonchev–Trinajstić information content (AvgIpc) is 2.14. The maximum atomic E-state index is 8.87. The van der Waals surface area contributed by atoms with E-state index in [-0.39, 0.29) is 0 Å². The lowest BCUT2D eigenvalue weighted by Gasteiger charge is -2.37. The zero-order chi connectivity index (χ0) is 10.6. The van der Waals surface area contributed by atoms with Gasteiger partial charge in [-0.15, -0.1) is 0 Å². The van der Waals surface area contributed by atoms with Gasteiger partial charge < -0.3 is 5.11 Å². The Morgan fingerprint density at radius 2 is 2.07 bits per heavy atom. The van der Waals surface area contributed by atoms with Crippen molar-refractivity contribution < 1.29 is 5.11 Å². The summed E-state index contributed by atoms with van der Waals surface area (Å²) in [6, 6.07) is 0. The average molecular weight is 197 g/mol. The molecule has 1 heteroatoms. The maximum Gasteiger partial charge on any atom is 0.0431 e. The van der Waals surface area contributed by atoms with Gasteiger partial charge in [0.1, 0.15) is 0 Å². The van der Waals surface area contributed by atoms with Crippen LogP contribution >= 0.6 is 0 Å². The Morgan fingerprint density at radius 1 is 1.36 bits per heavy atom. The molecule has 0 bridgehead atoms. The van der Waals surface area contributed by atoms with Crippen LogP contribution in [0.15, 0.2) is 0 Å². The molecular formula is C13H25O. The van der Waals surface area contributed by atoms with Gasteiger partial charge in [-0.1, -0.05) is 27.2 Å². The monoisotopic (exact) mass is 197 g/mol. The minimum Gasteiger partial charge on any atom is -0.396 e. The fourth-order valence-corrected chi connectivity index (χ4v) is 2.77.